The largest absolute Gasteiger partial charge is 0.317 e. The Hall–Kier alpha value is -0.650. The summed E-state index contributed by atoms with van der Waals surface area (Å²) in [6.07, 6.45) is -0.148. The van der Waals surface area contributed by atoms with Crippen LogP contribution in [0.4, 0.5) is 8.78 Å². The zero-order valence-corrected chi connectivity index (χ0v) is 4.90. The summed E-state index contributed by atoms with van der Waals surface area (Å²) in [5.41, 5.74) is 0. The van der Waals surface area contributed by atoms with Gasteiger partial charge in [-0.25, -0.2) is 15.4 Å². The highest BCUT2D eigenvalue weighted by Gasteiger charge is 2.46. The predicted octanol–water partition coefficient (Wildman–Crippen LogP) is 1.95. The first kappa shape index (κ1) is 6.47. The van der Waals surface area contributed by atoms with Gasteiger partial charge in [0.2, 0.25) is 12.5 Å². The summed E-state index contributed by atoms with van der Waals surface area (Å²) in [6.45, 7) is 6.65. The molecule has 50 valence electrons. The van der Waals surface area contributed by atoms with Gasteiger partial charge in [0.25, 0.3) is 0 Å². The minimum Gasteiger partial charge on any atom is -0.317 e. The Morgan fingerprint density at radius 3 is 2.44 bits per heavy atom. The van der Waals surface area contributed by atoms with Crippen LogP contribution in [0.3, 0.4) is 0 Å². The Labute approximate surface area is 52.5 Å². The van der Waals surface area contributed by atoms with E-state index in [2.05, 4.69) is 4.85 Å². The smallest absolute Gasteiger partial charge is 0.249 e. The topological polar surface area (TPSA) is 4.36 Å². The van der Waals surface area contributed by atoms with Crippen molar-refractivity contribution in [1.29, 1.82) is 0 Å². The fourth-order valence-electron chi connectivity index (χ4n) is 1.04. The van der Waals surface area contributed by atoms with Gasteiger partial charge in [-0.15, -0.1) is 0 Å². The second-order valence-electron chi connectivity index (χ2n) is 2.47. The summed E-state index contributed by atoms with van der Waals surface area (Å²) < 4.78 is 24.0. The standard InChI is InChI=1S/C6H7F2N/c1-9-4-5-2-6(7,8)3-5/h5H,2-4H2. The number of hydrogen-bond donors (Lipinski definition) is 0. The molecule has 1 fully saturated rings. The molecule has 0 atom stereocenters. The molecule has 0 saturated heterocycles. The lowest BCUT2D eigenvalue weighted by atomic mass is 9.81. The summed E-state index contributed by atoms with van der Waals surface area (Å²) in [5.74, 6) is -2.48. The van der Waals surface area contributed by atoms with Gasteiger partial charge in [0.05, 0.1) is 0 Å². The van der Waals surface area contributed by atoms with Crippen LogP contribution in [0, 0.1) is 12.5 Å². The molecular weight excluding hydrogens is 124 g/mol. The summed E-state index contributed by atoms with van der Waals surface area (Å²) in [4.78, 5) is 3.04. The molecule has 0 aromatic carbocycles. The minimum atomic E-state index is -2.45. The van der Waals surface area contributed by atoms with E-state index in [1.807, 2.05) is 0 Å². The highest BCUT2D eigenvalue weighted by atomic mass is 19.3. The molecule has 0 spiro atoms. The highest BCUT2D eigenvalue weighted by molar-refractivity contribution is 4.89. The number of halogens is 2. The van der Waals surface area contributed by atoms with Crippen LogP contribution in [0.1, 0.15) is 12.8 Å². The molecule has 0 aliphatic heterocycles. The maximum absolute atomic E-state index is 12.0. The van der Waals surface area contributed by atoms with Gasteiger partial charge in [-0.2, -0.15) is 0 Å². The maximum Gasteiger partial charge on any atom is 0.249 e. The van der Waals surface area contributed by atoms with Gasteiger partial charge >= 0.3 is 0 Å². The summed E-state index contributed by atoms with van der Waals surface area (Å²) in [6, 6.07) is 0. The van der Waals surface area contributed by atoms with Crippen LogP contribution in [0.15, 0.2) is 0 Å². The first-order valence-corrected chi connectivity index (χ1v) is 2.85. The van der Waals surface area contributed by atoms with Crippen molar-refractivity contribution < 1.29 is 8.78 Å². The minimum absolute atomic E-state index is 0.0301. The molecule has 1 aliphatic rings. The summed E-state index contributed by atoms with van der Waals surface area (Å²) in [5, 5.41) is 0. The Morgan fingerprint density at radius 1 is 1.56 bits per heavy atom. The zero-order valence-electron chi connectivity index (χ0n) is 4.90. The van der Waals surface area contributed by atoms with Crippen molar-refractivity contribution in [3.8, 4) is 0 Å². The molecule has 0 radical (unpaired) electrons. The van der Waals surface area contributed by atoms with Crippen LogP contribution >= 0.6 is 0 Å². The van der Waals surface area contributed by atoms with Crippen molar-refractivity contribution in [2.24, 2.45) is 5.92 Å². The fourth-order valence-corrected chi connectivity index (χ4v) is 1.04. The van der Waals surface area contributed by atoms with Crippen molar-refractivity contribution in [2.75, 3.05) is 6.54 Å². The summed E-state index contributed by atoms with van der Waals surface area (Å²) >= 11 is 0. The predicted molar refractivity (Wildman–Crippen MR) is 29.1 cm³/mol. The van der Waals surface area contributed by atoms with Gasteiger partial charge in [0.1, 0.15) is 0 Å². The van der Waals surface area contributed by atoms with E-state index < -0.39 is 5.92 Å². The molecule has 9 heavy (non-hydrogen) atoms. The van der Waals surface area contributed by atoms with E-state index in [-0.39, 0.29) is 25.3 Å². The van der Waals surface area contributed by atoms with Gasteiger partial charge in [-0.05, 0) is 0 Å². The van der Waals surface area contributed by atoms with E-state index in [0.29, 0.717) is 0 Å². The number of hydrogen-bond acceptors (Lipinski definition) is 0. The van der Waals surface area contributed by atoms with Crippen LogP contribution in [0.5, 0.6) is 0 Å². The van der Waals surface area contributed by atoms with Crippen molar-refractivity contribution in [3.05, 3.63) is 11.4 Å². The molecule has 1 aliphatic carbocycles. The number of nitrogens with zero attached hydrogens (tertiary/aromatic N) is 1. The monoisotopic (exact) mass is 131 g/mol. The zero-order chi connectivity index (χ0) is 6.91. The lowest BCUT2D eigenvalue weighted by molar-refractivity contribution is -0.105. The first-order valence-electron chi connectivity index (χ1n) is 2.85. The van der Waals surface area contributed by atoms with Gasteiger partial charge < -0.3 is 4.85 Å². The van der Waals surface area contributed by atoms with Crippen LogP contribution in [-0.2, 0) is 0 Å². The first-order chi connectivity index (χ1) is 4.14. The Balaban J connectivity index is 2.21. The molecule has 1 rings (SSSR count). The van der Waals surface area contributed by atoms with Gasteiger partial charge in [-0.3, -0.25) is 0 Å². The molecule has 0 heterocycles. The van der Waals surface area contributed by atoms with Gasteiger partial charge in [-0.1, -0.05) is 0 Å². The molecule has 0 aromatic rings. The van der Waals surface area contributed by atoms with Crippen LogP contribution < -0.4 is 0 Å². The highest BCUT2D eigenvalue weighted by Crippen LogP contribution is 2.42. The maximum atomic E-state index is 12.0. The molecule has 0 aromatic heterocycles. The molecule has 1 nitrogen and oxygen atoms in total. The number of alkyl halides is 2. The second kappa shape index (κ2) is 1.94. The normalized spacial score (nSPS) is 24.6. The van der Waals surface area contributed by atoms with Crippen molar-refractivity contribution >= 4 is 0 Å². The molecule has 3 heteroatoms. The van der Waals surface area contributed by atoms with Crippen LogP contribution in [0.2, 0.25) is 0 Å². The van der Waals surface area contributed by atoms with E-state index in [9.17, 15) is 8.78 Å². The number of rotatable bonds is 1. The lowest BCUT2D eigenvalue weighted by Gasteiger charge is -2.31. The lowest BCUT2D eigenvalue weighted by Crippen LogP contribution is -2.36. The van der Waals surface area contributed by atoms with Gasteiger partial charge in [0, 0.05) is 18.8 Å². The third-order valence-corrected chi connectivity index (χ3v) is 1.52. The van der Waals surface area contributed by atoms with E-state index in [1.165, 1.54) is 0 Å². The van der Waals surface area contributed by atoms with Gasteiger partial charge in [0.15, 0.2) is 0 Å². The molecule has 0 N–H and O–H groups in total. The Morgan fingerprint density at radius 2 is 2.11 bits per heavy atom. The quantitative estimate of drug-likeness (QED) is 0.479. The average Bonchev–Trinajstić information content (AvgIpc) is 1.62. The third kappa shape index (κ3) is 1.38. The Bertz CT molecular complexity index is 140. The van der Waals surface area contributed by atoms with Crippen LogP contribution in [0.25, 0.3) is 4.85 Å². The average molecular weight is 131 g/mol. The molecule has 0 bridgehead atoms. The van der Waals surface area contributed by atoms with Crippen molar-refractivity contribution in [2.45, 2.75) is 18.8 Å². The van der Waals surface area contributed by atoms with Crippen LogP contribution in [-0.4, -0.2) is 12.5 Å². The molecule has 0 unspecified atom stereocenters. The summed E-state index contributed by atoms with van der Waals surface area (Å²) in [7, 11) is 0. The van der Waals surface area contributed by atoms with E-state index in [0.717, 1.165) is 0 Å². The molecule has 1 saturated carbocycles. The second-order valence-corrected chi connectivity index (χ2v) is 2.47. The molecule has 0 amide bonds. The molecular formula is C6H7F2N. The van der Waals surface area contributed by atoms with Crippen molar-refractivity contribution in [1.82, 2.24) is 0 Å². The van der Waals surface area contributed by atoms with E-state index in [1.54, 1.807) is 0 Å². The Kier molecular flexibility index (Phi) is 1.40. The fraction of sp³-hybridized carbons (Fsp3) is 0.833. The van der Waals surface area contributed by atoms with E-state index in [4.69, 9.17) is 6.57 Å². The third-order valence-electron chi connectivity index (χ3n) is 1.52. The SMILES string of the molecule is [C-]#[N+]CC1CC(F)(F)C1. The van der Waals surface area contributed by atoms with E-state index >= 15 is 0 Å². The van der Waals surface area contributed by atoms with Crippen molar-refractivity contribution in [3.63, 3.8) is 0 Å².